The minimum atomic E-state index is 0. The van der Waals surface area contributed by atoms with Gasteiger partial charge in [0, 0.05) is 17.1 Å². The van der Waals surface area contributed by atoms with E-state index >= 15 is 0 Å². The van der Waals surface area contributed by atoms with E-state index in [1.807, 2.05) is 0 Å². The van der Waals surface area contributed by atoms with E-state index in [0.717, 1.165) is 0 Å². The third-order valence-corrected chi connectivity index (χ3v) is 0. The molecule has 0 atom stereocenters. The predicted octanol–water partition coefficient (Wildman–Crippen LogP) is -9.47. The molecule has 0 fully saturated rings. The Morgan fingerprint density at radius 2 is 0.500 bits per heavy atom. The van der Waals surface area contributed by atoms with Crippen LogP contribution in [0.15, 0.2) is 0 Å². The standard InChI is InChI=1S/Mn.Na.4O.2Rb/q;+1;4*-2;2*+1. The fourth-order valence-corrected chi connectivity index (χ4v) is 0. The molecular formula is MnNaO4Rb2-5. The Morgan fingerprint density at radius 1 is 0.500 bits per heavy atom. The first kappa shape index (κ1) is 75.2. The molecule has 0 rings (SSSR count). The van der Waals surface area contributed by atoms with Gasteiger partial charge in [-0.15, -0.1) is 0 Å². The van der Waals surface area contributed by atoms with E-state index in [2.05, 4.69) is 0 Å². The summed E-state index contributed by atoms with van der Waals surface area (Å²) in [6, 6.07) is 0. The Labute approximate surface area is 179 Å². The van der Waals surface area contributed by atoms with Gasteiger partial charge >= 0.3 is 146 Å². The van der Waals surface area contributed by atoms with Crippen LogP contribution in [0.3, 0.4) is 0 Å². The summed E-state index contributed by atoms with van der Waals surface area (Å²) in [5.74, 6) is 0. The van der Waals surface area contributed by atoms with E-state index in [9.17, 15) is 0 Å². The predicted molar refractivity (Wildman–Crippen MR) is 2.75 cm³/mol. The van der Waals surface area contributed by atoms with Crippen LogP contribution < -0.4 is 146 Å². The number of hydrogen-bond donors (Lipinski definition) is 0. The zero-order valence-corrected chi connectivity index (χ0v) is 18.0. The van der Waals surface area contributed by atoms with Gasteiger partial charge in [-0.05, 0) is 0 Å². The molecule has 8 heteroatoms. The van der Waals surface area contributed by atoms with Crippen molar-refractivity contribution in [3.63, 3.8) is 0 Å². The molecule has 0 amide bonds. The van der Waals surface area contributed by atoms with Crippen molar-refractivity contribution < 1.29 is 185 Å². The van der Waals surface area contributed by atoms with Gasteiger partial charge in [-0.1, -0.05) is 0 Å². The SMILES string of the molecule is [Mn].[Na+].[O-2].[O-2].[O-2].[O-2].[Rb+].[Rb+]. The molecular weight excluding hydrogens is 313 g/mol. The van der Waals surface area contributed by atoms with Crippen LogP contribution in [0.2, 0.25) is 0 Å². The molecule has 0 heterocycles. The normalized spacial score (nSPS) is 0. The molecule has 4 nitrogen and oxygen atoms in total. The van der Waals surface area contributed by atoms with Crippen molar-refractivity contribution in [2.45, 2.75) is 0 Å². The molecule has 0 aliphatic rings. The molecule has 0 aliphatic carbocycles. The van der Waals surface area contributed by atoms with Crippen LogP contribution in [-0.4, -0.2) is 0 Å². The second-order valence-electron chi connectivity index (χ2n) is 0. The number of rotatable bonds is 0. The van der Waals surface area contributed by atoms with Gasteiger partial charge < -0.3 is 21.9 Å². The van der Waals surface area contributed by atoms with Gasteiger partial charge in [-0.3, -0.25) is 0 Å². The molecule has 39 valence electrons. The molecule has 8 heavy (non-hydrogen) atoms. The maximum atomic E-state index is 0. The first-order chi connectivity index (χ1) is 0. The van der Waals surface area contributed by atoms with Gasteiger partial charge in [0.1, 0.15) is 0 Å². The Kier molecular flexibility index (Phi) is 548. The van der Waals surface area contributed by atoms with Crippen LogP contribution in [0.1, 0.15) is 0 Å². The van der Waals surface area contributed by atoms with E-state index in [-0.39, 0.29) is 185 Å². The first-order valence-electron chi connectivity index (χ1n) is 0. The maximum Gasteiger partial charge on any atom is 1.00 e. The molecule has 0 bridgehead atoms. The maximum absolute atomic E-state index is 0. The van der Waals surface area contributed by atoms with Crippen molar-refractivity contribution in [1.82, 2.24) is 0 Å². The molecule has 0 aromatic carbocycles. The fourth-order valence-electron chi connectivity index (χ4n) is 0. The summed E-state index contributed by atoms with van der Waals surface area (Å²) >= 11 is 0. The van der Waals surface area contributed by atoms with E-state index in [1.165, 1.54) is 0 Å². The third-order valence-electron chi connectivity index (χ3n) is 0. The summed E-state index contributed by atoms with van der Waals surface area (Å²) in [7, 11) is 0. The summed E-state index contributed by atoms with van der Waals surface area (Å²) in [5, 5.41) is 0. The summed E-state index contributed by atoms with van der Waals surface area (Å²) in [6.07, 6.45) is 0. The van der Waals surface area contributed by atoms with Crippen LogP contribution in [0, 0.1) is 0 Å². The Hall–Kier alpha value is 4.97. The van der Waals surface area contributed by atoms with Crippen molar-refractivity contribution in [3.05, 3.63) is 0 Å². The van der Waals surface area contributed by atoms with Crippen LogP contribution in [0.25, 0.3) is 0 Å². The second kappa shape index (κ2) is 58.3. The topological polar surface area (TPSA) is 114 Å². The molecule has 0 saturated carbocycles. The van der Waals surface area contributed by atoms with E-state index in [4.69, 9.17) is 0 Å². The number of hydrogen-bond acceptors (Lipinski definition) is 0. The average molecular weight is 313 g/mol. The van der Waals surface area contributed by atoms with Gasteiger partial charge in [-0.2, -0.15) is 0 Å². The van der Waals surface area contributed by atoms with Crippen molar-refractivity contribution in [3.8, 4) is 0 Å². The molecule has 0 N–H and O–H groups in total. The van der Waals surface area contributed by atoms with E-state index in [0.29, 0.717) is 0 Å². The van der Waals surface area contributed by atoms with Gasteiger partial charge in [0.05, 0.1) is 0 Å². The third kappa shape index (κ3) is 44.1. The van der Waals surface area contributed by atoms with Crippen LogP contribution in [-0.2, 0) is 39.0 Å². The minimum absolute atomic E-state index is 0. The van der Waals surface area contributed by atoms with E-state index < -0.39 is 0 Å². The molecule has 0 spiro atoms. The van der Waals surface area contributed by atoms with Crippen molar-refractivity contribution >= 4 is 0 Å². The van der Waals surface area contributed by atoms with Gasteiger partial charge in [0.25, 0.3) is 0 Å². The smallest absolute Gasteiger partial charge is 1.00 e. The fraction of sp³-hybridized carbons (Fsp3) is 0. The molecule has 0 aromatic rings. The minimum Gasteiger partial charge on any atom is -2.00 e. The molecule has 0 unspecified atom stereocenters. The Morgan fingerprint density at radius 3 is 0.500 bits per heavy atom. The average Bonchev–Trinajstić information content (AvgIpc) is 0. The van der Waals surface area contributed by atoms with Crippen LogP contribution in [0.4, 0.5) is 0 Å². The second-order valence-corrected chi connectivity index (χ2v) is 0. The molecule has 1 radical (unpaired) electrons. The first-order valence-corrected chi connectivity index (χ1v) is 0. The van der Waals surface area contributed by atoms with Gasteiger partial charge in [0.15, 0.2) is 0 Å². The zero-order valence-electron chi connectivity index (χ0n) is 5.01. The molecule has 0 saturated heterocycles. The summed E-state index contributed by atoms with van der Waals surface area (Å²) in [5.41, 5.74) is 0. The monoisotopic (exact) mass is 312 g/mol. The quantitative estimate of drug-likeness (QED) is 0.395. The van der Waals surface area contributed by atoms with Crippen molar-refractivity contribution in [2.75, 3.05) is 0 Å². The van der Waals surface area contributed by atoms with Crippen molar-refractivity contribution in [1.29, 1.82) is 0 Å². The summed E-state index contributed by atoms with van der Waals surface area (Å²) < 4.78 is 0. The largest absolute Gasteiger partial charge is 2.00 e. The van der Waals surface area contributed by atoms with Crippen molar-refractivity contribution in [2.24, 2.45) is 0 Å². The van der Waals surface area contributed by atoms with Gasteiger partial charge in [0.2, 0.25) is 0 Å². The summed E-state index contributed by atoms with van der Waals surface area (Å²) in [4.78, 5) is 0. The van der Waals surface area contributed by atoms with Crippen LogP contribution in [0.5, 0.6) is 0 Å². The Bertz CT molecular complexity index is 14.0. The van der Waals surface area contributed by atoms with E-state index in [1.54, 1.807) is 0 Å². The van der Waals surface area contributed by atoms with Gasteiger partial charge in [-0.25, -0.2) is 0 Å². The zero-order chi connectivity index (χ0) is 0. The summed E-state index contributed by atoms with van der Waals surface area (Å²) in [6.45, 7) is 0. The Balaban J connectivity index is 0. The molecule has 0 aliphatic heterocycles. The molecule has 0 aromatic heterocycles. The van der Waals surface area contributed by atoms with Crippen LogP contribution >= 0.6 is 0 Å².